The van der Waals surface area contributed by atoms with E-state index < -0.39 is 29.8 Å². The molecule has 0 saturated carbocycles. The fraction of sp³-hybridized carbons (Fsp3) is 0.714. The lowest BCUT2D eigenvalue weighted by Crippen LogP contribution is -2.46. The summed E-state index contributed by atoms with van der Waals surface area (Å²) in [5.41, 5.74) is 1.64. The summed E-state index contributed by atoms with van der Waals surface area (Å²) in [7, 11) is -5.45. The first-order valence-corrected chi connectivity index (χ1v) is 18.9. The van der Waals surface area contributed by atoms with Crippen LogP contribution in [0.5, 0.6) is 0 Å². The summed E-state index contributed by atoms with van der Waals surface area (Å²) in [6.07, 6.45) is 0.304. The van der Waals surface area contributed by atoms with Crippen molar-refractivity contribution in [3.8, 4) is 0 Å². The molecule has 42 heavy (non-hydrogen) atoms. The van der Waals surface area contributed by atoms with Crippen LogP contribution in [0.1, 0.15) is 65.5 Å². The quantitative estimate of drug-likeness (QED) is 0.118. The molecule has 0 heterocycles. The lowest BCUT2D eigenvalue weighted by atomic mass is 10.1. The lowest BCUT2D eigenvalue weighted by molar-refractivity contribution is 0.0699. The molecule has 1 aromatic rings. The van der Waals surface area contributed by atoms with Gasteiger partial charge in [-0.2, -0.15) is 0 Å². The first-order valence-electron chi connectivity index (χ1n) is 15.0. The number of hydrogen-bond acceptors (Lipinski definition) is 10. The molecule has 242 valence electrons. The van der Waals surface area contributed by atoms with Gasteiger partial charge in [-0.15, -0.1) is 0 Å². The van der Waals surface area contributed by atoms with Gasteiger partial charge in [0.25, 0.3) is 0 Å². The Bertz CT molecular complexity index is 761. The number of nitrogens with one attached hydrogen (secondary N) is 2. The number of carbonyl (C=O) groups excluding carboxylic acids is 2. The van der Waals surface area contributed by atoms with Crippen LogP contribution in [0.4, 0.5) is 9.59 Å². The zero-order valence-corrected chi connectivity index (χ0v) is 28.3. The average molecular weight is 633 g/mol. The van der Waals surface area contributed by atoms with E-state index in [2.05, 4.69) is 10.6 Å². The van der Waals surface area contributed by atoms with E-state index in [0.717, 1.165) is 11.1 Å². The number of rotatable bonds is 24. The second-order valence-corrected chi connectivity index (χ2v) is 14.5. The molecule has 0 aliphatic carbocycles. The summed E-state index contributed by atoms with van der Waals surface area (Å²) in [4.78, 5) is 24.2. The molecule has 0 spiro atoms. The Kier molecular flexibility index (Phi) is 20.3. The molecular weight excluding hydrogens is 580 g/mol. The number of benzene rings is 1. The Hall–Kier alpha value is -2.05. The monoisotopic (exact) mass is 632 g/mol. The fourth-order valence-corrected chi connectivity index (χ4v) is 9.35. The van der Waals surface area contributed by atoms with Crippen LogP contribution in [0.2, 0.25) is 12.1 Å². The van der Waals surface area contributed by atoms with Crippen molar-refractivity contribution in [1.29, 1.82) is 0 Å². The highest BCUT2D eigenvalue weighted by molar-refractivity contribution is 6.61. The van der Waals surface area contributed by atoms with Crippen molar-refractivity contribution in [2.24, 2.45) is 0 Å². The van der Waals surface area contributed by atoms with Gasteiger partial charge in [-0.25, -0.2) is 9.59 Å². The SMILES string of the molecule is CCO[Si](CCCNC(=O)OCc1ccc(COC(=O)NCCC[Si](OCC)(OCC)OCC)cc1)(OCC)OCC. The van der Waals surface area contributed by atoms with E-state index in [-0.39, 0.29) is 13.2 Å². The number of hydrogen-bond donors (Lipinski definition) is 2. The van der Waals surface area contributed by atoms with E-state index in [1.165, 1.54) is 0 Å². The summed E-state index contributed by atoms with van der Waals surface area (Å²) in [5.74, 6) is 0. The highest BCUT2D eigenvalue weighted by Gasteiger charge is 2.40. The average Bonchev–Trinajstić information content (AvgIpc) is 2.97. The Morgan fingerprint density at radius 2 is 0.833 bits per heavy atom. The smallest absolute Gasteiger partial charge is 0.445 e. The Morgan fingerprint density at radius 1 is 0.548 bits per heavy atom. The van der Waals surface area contributed by atoms with Crippen LogP contribution < -0.4 is 10.6 Å². The largest absolute Gasteiger partial charge is 0.500 e. The molecule has 1 aromatic carbocycles. The Balaban J connectivity index is 2.33. The third-order valence-electron chi connectivity index (χ3n) is 5.81. The second kappa shape index (κ2) is 22.5. The van der Waals surface area contributed by atoms with Gasteiger partial charge >= 0.3 is 29.8 Å². The normalized spacial score (nSPS) is 11.8. The maximum absolute atomic E-state index is 12.1. The zero-order valence-electron chi connectivity index (χ0n) is 26.3. The molecule has 1 rings (SSSR count). The summed E-state index contributed by atoms with van der Waals surface area (Å²) >= 11 is 0. The highest BCUT2D eigenvalue weighted by atomic mass is 28.4. The number of alkyl carbamates (subject to hydrolysis) is 2. The van der Waals surface area contributed by atoms with E-state index in [1.807, 2.05) is 65.8 Å². The van der Waals surface area contributed by atoms with E-state index in [0.29, 0.717) is 77.7 Å². The van der Waals surface area contributed by atoms with Gasteiger partial charge in [-0.3, -0.25) is 0 Å². The molecule has 0 aliphatic heterocycles. The van der Waals surface area contributed by atoms with Crippen molar-refractivity contribution < 1.29 is 45.6 Å². The molecule has 12 nitrogen and oxygen atoms in total. The highest BCUT2D eigenvalue weighted by Crippen LogP contribution is 2.19. The van der Waals surface area contributed by atoms with Crippen molar-refractivity contribution in [3.05, 3.63) is 35.4 Å². The minimum Gasteiger partial charge on any atom is -0.445 e. The van der Waals surface area contributed by atoms with Crippen LogP contribution in [0, 0.1) is 0 Å². The van der Waals surface area contributed by atoms with E-state index in [4.69, 9.17) is 36.0 Å². The van der Waals surface area contributed by atoms with Crippen molar-refractivity contribution in [3.63, 3.8) is 0 Å². The van der Waals surface area contributed by atoms with Crippen LogP contribution >= 0.6 is 0 Å². The summed E-state index contributed by atoms with van der Waals surface area (Å²) < 4.78 is 45.6. The first kappa shape index (κ1) is 38.0. The van der Waals surface area contributed by atoms with Crippen molar-refractivity contribution in [1.82, 2.24) is 10.6 Å². The maximum Gasteiger partial charge on any atom is 0.500 e. The topological polar surface area (TPSA) is 132 Å². The predicted octanol–water partition coefficient (Wildman–Crippen LogP) is 5.02. The van der Waals surface area contributed by atoms with Gasteiger partial charge in [-0.1, -0.05) is 24.3 Å². The van der Waals surface area contributed by atoms with Crippen LogP contribution in [-0.4, -0.2) is 82.5 Å². The van der Waals surface area contributed by atoms with E-state index in [9.17, 15) is 9.59 Å². The molecule has 14 heteroatoms. The zero-order chi connectivity index (χ0) is 31.1. The summed E-state index contributed by atoms with van der Waals surface area (Å²) in [6, 6.07) is 8.54. The third-order valence-corrected chi connectivity index (χ3v) is 12.1. The molecule has 0 radical (unpaired) electrons. The van der Waals surface area contributed by atoms with Gasteiger partial charge in [0, 0.05) is 64.8 Å². The molecule has 0 bridgehead atoms. The number of amides is 2. The van der Waals surface area contributed by atoms with Crippen LogP contribution in [0.3, 0.4) is 0 Å². The molecule has 0 aliphatic rings. The minimum absolute atomic E-state index is 0.124. The van der Waals surface area contributed by atoms with E-state index in [1.54, 1.807) is 0 Å². The molecule has 2 amide bonds. The predicted molar refractivity (Wildman–Crippen MR) is 163 cm³/mol. The van der Waals surface area contributed by atoms with Crippen LogP contribution in [-0.2, 0) is 49.2 Å². The van der Waals surface area contributed by atoms with Gasteiger partial charge < -0.3 is 46.7 Å². The molecule has 0 saturated heterocycles. The van der Waals surface area contributed by atoms with Crippen molar-refractivity contribution in [2.45, 2.75) is 79.7 Å². The van der Waals surface area contributed by atoms with Gasteiger partial charge in [0.15, 0.2) is 0 Å². The van der Waals surface area contributed by atoms with E-state index >= 15 is 0 Å². The first-order chi connectivity index (χ1) is 20.3. The molecule has 0 aromatic heterocycles. The molecule has 0 fully saturated rings. The van der Waals surface area contributed by atoms with Crippen LogP contribution in [0.25, 0.3) is 0 Å². The molecular formula is C28H52N2O10Si2. The van der Waals surface area contributed by atoms with Gasteiger partial charge in [0.2, 0.25) is 0 Å². The second-order valence-electron chi connectivity index (χ2n) is 8.99. The number of ether oxygens (including phenoxy) is 2. The minimum atomic E-state index is -2.72. The fourth-order valence-electron chi connectivity index (χ4n) is 4.12. The van der Waals surface area contributed by atoms with Gasteiger partial charge in [-0.05, 0) is 65.5 Å². The van der Waals surface area contributed by atoms with Crippen LogP contribution in [0.15, 0.2) is 24.3 Å². The van der Waals surface area contributed by atoms with Crippen molar-refractivity contribution in [2.75, 3.05) is 52.7 Å². The summed E-state index contributed by atoms with van der Waals surface area (Å²) in [6.45, 7) is 15.7. The maximum atomic E-state index is 12.1. The molecule has 0 atom stereocenters. The lowest BCUT2D eigenvalue weighted by Gasteiger charge is -2.28. The van der Waals surface area contributed by atoms with Crippen molar-refractivity contribution >= 4 is 29.8 Å². The van der Waals surface area contributed by atoms with Gasteiger partial charge in [0.05, 0.1) is 0 Å². The summed E-state index contributed by atoms with van der Waals surface area (Å²) in [5, 5.41) is 5.51. The molecule has 0 unspecified atom stereocenters. The third kappa shape index (κ3) is 15.4. The standard InChI is InChI=1S/C28H52N2O10Si2/c1-7-35-41(36-8-2,37-9-3)21-13-19-29-27(31)33-23-25-15-17-26(18-16-25)24-34-28(32)30-20-14-22-42(38-10-4,39-11-5)40-12-6/h15-18H,7-14,19-24H2,1-6H3,(H,29,31)(H,30,32). The Morgan fingerprint density at radius 3 is 1.10 bits per heavy atom. The van der Waals surface area contributed by atoms with Gasteiger partial charge in [0.1, 0.15) is 13.2 Å². The Labute approximate surface area is 253 Å². The number of carbonyl (C=O) groups is 2. The molecule has 2 N–H and O–H groups in total.